The number of amides is 1. The van der Waals surface area contributed by atoms with Gasteiger partial charge in [0, 0.05) is 24.6 Å². The van der Waals surface area contributed by atoms with Crippen LogP contribution in [-0.4, -0.2) is 23.7 Å². The zero-order chi connectivity index (χ0) is 13.4. The smallest absolute Gasteiger partial charge is 0.228 e. The standard InChI is InChI=1S/C14H12N2OS2/c1-3-9-6-13(17)16(8-9)10-4-5-11-12(7-10)19-14(15-11)18-2/h1,4-5,7,9H,6,8H2,2H3. The van der Waals surface area contributed by atoms with E-state index in [0.717, 1.165) is 20.2 Å². The minimum Gasteiger partial charge on any atom is -0.311 e. The second-order valence-electron chi connectivity index (χ2n) is 4.41. The average Bonchev–Trinajstić information content (AvgIpc) is 3.00. The molecule has 1 amide bonds. The summed E-state index contributed by atoms with van der Waals surface area (Å²) in [6.07, 6.45) is 7.87. The molecule has 2 aromatic rings. The molecule has 0 bridgehead atoms. The van der Waals surface area contributed by atoms with E-state index in [9.17, 15) is 4.79 Å². The monoisotopic (exact) mass is 288 g/mol. The zero-order valence-corrected chi connectivity index (χ0v) is 12.1. The Balaban J connectivity index is 1.97. The Morgan fingerprint density at radius 2 is 2.42 bits per heavy atom. The summed E-state index contributed by atoms with van der Waals surface area (Å²) in [5, 5.41) is 0. The summed E-state index contributed by atoms with van der Waals surface area (Å²) in [7, 11) is 0. The first-order chi connectivity index (χ1) is 9.21. The topological polar surface area (TPSA) is 33.2 Å². The number of aromatic nitrogens is 1. The van der Waals surface area contributed by atoms with Gasteiger partial charge in [0.15, 0.2) is 4.34 Å². The molecule has 0 saturated carbocycles. The number of hydrogen-bond donors (Lipinski definition) is 0. The summed E-state index contributed by atoms with van der Waals surface area (Å²) >= 11 is 3.29. The van der Waals surface area contributed by atoms with Gasteiger partial charge in [-0.3, -0.25) is 4.79 Å². The highest BCUT2D eigenvalue weighted by atomic mass is 32.2. The van der Waals surface area contributed by atoms with E-state index in [1.165, 1.54) is 0 Å². The molecule has 2 heterocycles. The number of carbonyl (C=O) groups excluding carboxylic acids is 1. The van der Waals surface area contributed by atoms with Gasteiger partial charge in [0.1, 0.15) is 0 Å². The van der Waals surface area contributed by atoms with E-state index in [1.807, 2.05) is 24.5 Å². The highest BCUT2D eigenvalue weighted by Gasteiger charge is 2.29. The van der Waals surface area contributed by atoms with Crippen LogP contribution in [0.5, 0.6) is 0 Å². The fraction of sp³-hybridized carbons (Fsp3) is 0.286. The Hall–Kier alpha value is -1.51. The Labute approximate surface area is 120 Å². The number of carbonyl (C=O) groups is 1. The van der Waals surface area contributed by atoms with E-state index >= 15 is 0 Å². The normalized spacial score (nSPS) is 19.1. The summed E-state index contributed by atoms with van der Waals surface area (Å²) in [5.74, 6) is 2.81. The van der Waals surface area contributed by atoms with E-state index in [0.29, 0.717) is 13.0 Å². The number of terminal acetylenes is 1. The molecule has 0 spiro atoms. The van der Waals surface area contributed by atoms with E-state index in [1.54, 1.807) is 28.0 Å². The van der Waals surface area contributed by atoms with Crippen LogP contribution in [-0.2, 0) is 4.79 Å². The van der Waals surface area contributed by atoms with Gasteiger partial charge in [0.25, 0.3) is 0 Å². The number of benzene rings is 1. The summed E-state index contributed by atoms with van der Waals surface area (Å²) in [6, 6.07) is 5.95. The maximum atomic E-state index is 12.0. The molecule has 1 aromatic heterocycles. The Morgan fingerprint density at radius 3 is 3.11 bits per heavy atom. The Kier molecular flexibility index (Phi) is 3.21. The number of hydrogen-bond acceptors (Lipinski definition) is 4. The average molecular weight is 288 g/mol. The van der Waals surface area contributed by atoms with Gasteiger partial charge in [0.05, 0.1) is 10.2 Å². The van der Waals surface area contributed by atoms with Crippen molar-refractivity contribution in [2.45, 2.75) is 10.8 Å². The third-order valence-corrected chi connectivity index (χ3v) is 5.20. The van der Waals surface area contributed by atoms with Gasteiger partial charge >= 0.3 is 0 Å². The maximum absolute atomic E-state index is 12.0. The fourth-order valence-corrected chi connectivity index (χ4v) is 3.74. The number of thiazole rings is 1. The number of anilines is 1. The summed E-state index contributed by atoms with van der Waals surface area (Å²) in [5.41, 5.74) is 1.91. The van der Waals surface area contributed by atoms with Gasteiger partial charge in [-0.25, -0.2) is 4.98 Å². The first kappa shape index (κ1) is 12.5. The van der Waals surface area contributed by atoms with Crippen LogP contribution in [0, 0.1) is 18.3 Å². The van der Waals surface area contributed by atoms with Crippen LogP contribution < -0.4 is 4.90 Å². The second kappa shape index (κ2) is 4.87. The highest BCUT2D eigenvalue weighted by Crippen LogP contribution is 2.32. The van der Waals surface area contributed by atoms with Crippen LogP contribution in [0.25, 0.3) is 10.2 Å². The van der Waals surface area contributed by atoms with Crippen LogP contribution >= 0.6 is 23.1 Å². The Morgan fingerprint density at radius 1 is 1.58 bits per heavy atom. The van der Waals surface area contributed by atoms with E-state index in [2.05, 4.69) is 10.9 Å². The van der Waals surface area contributed by atoms with Gasteiger partial charge < -0.3 is 4.90 Å². The molecule has 19 heavy (non-hydrogen) atoms. The van der Waals surface area contributed by atoms with Gasteiger partial charge in [0.2, 0.25) is 5.91 Å². The number of fused-ring (bicyclic) bond motifs is 1. The lowest BCUT2D eigenvalue weighted by atomic mass is 10.1. The third-order valence-electron chi connectivity index (χ3n) is 3.20. The van der Waals surface area contributed by atoms with Crippen molar-refractivity contribution in [2.75, 3.05) is 17.7 Å². The molecule has 3 rings (SSSR count). The van der Waals surface area contributed by atoms with Crippen molar-refractivity contribution in [1.29, 1.82) is 0 Å². The SMILES string of the molecule is C#CC1CC(=O)N(c2ccc3nc(SC)sc3c2)C1. The lowest BCUT2D eigenvalue weighted by Crippen LogP contribution is -2.24. The number of rotatable bonds is 2. The van der Waals surface area contributed by atoms with Crippen LogP contribution in [0.2, 0.25) is 0 Å². The zero-order valence-electron chi connectivity index (χ0n) is 10.4. The van der Waals surface area contributed by atoms with Crippen molar-refractivity contribution >= 4 is 44.9 Å². The van der Waals surface area contributed by atoms with Gasteiger partial charge in [-0.2, -0.15) is 0 Å². The molecular weight excluding hydrogens is 276 g/mol. The highest BCUT2D eigenvalue weighted by molar-refractivity contribution is 8.00. The molecule has 0 radical (unpaired) electrons. The van der Waals surface area contributed by atoms with Gasteiger partial charge in [-0.15, -0.1) is 23.7 Å². The molecule has 96 valence electrons. The second-order valence-corrected chi connectivity index (χ2v) is 6.49. The molecule has 1 aliphatic heterocycles. The molecule has 3 nitrogen and oxygen atoms in total. The first-order valence-corrected chi connectivity index (χ1v) is 7.96. The quantitative estimate of drug-likeness (QED) is 0.629. The summed E-state index contributed by atoms with van der Waals surface area (Å²) in [4.78, 5) is 18.2. The van der Waals surface area contributed by atoms with Crippen LogP contribution in [0.15, 0.2) is 22.5 Å². The molecule has 0 aliphatic carbocycles. The molecule has 0 N–H and O–H groups in total. The fourth-order valence-electron chi connectivity index (χ4n) is 2.22. The molecule has 1 saturated heterocycles. The molecular formula is C14H12N2OS2. The van der Waals surface area contributed by atoms with Crippen molar-refractivity contribution in [3.05, 3.63) is 18.2 Å². The lowest BCUT2D eigenvalue weighted by Gasteiger charge is -2.15. The molecule has 1 atom stereocenters. The first-order valence-electron chi connectivity index (χ1n) is 5.92. The van der Waals surface area contributed by atoms with Crippen molar-refractivity contribution < 1.29 is 4.79 Å². The molecule has 1 aromatic carbocycles. The van der Waals surface area contributed by atoms with E-state index in [-0.39, 0.29) is 11.8 Å². The van der Waals surface area contributed by atoms with Crippen LogP contribution in [0.3, 0.4) is 0 Å². The minimum atomic E-state index is 0.0337. The number of nitrogens with zero attached hydrogens (tertiary/aromatic N) is 2. The molecule has 5 heteroatoms. The van der Waals surface area contributed by atoms with Gasteiger partial charge in [-0.1, -0.05) is 11.8 Å². The molecule has 1 aliphatic rings. The lowest BCUT2D eigenvalue weighted by molar-refractivity contribution is -0.117. The largest absolute Gasteiger partial charge is 0.311 e. The maximum Gasteiger partial charge on any atom is 0.228 e. The van der Waals surface area contributed by atoms with E-state index < -0.39 is 0 Å². The predicted molar refractivity (Wildman–Crippen MR) is 80.7 cm³/mol. The summed E-state index contributed by atoms with van der Waals surface area (Å²) in [6.45, 7) is 0.620. The van der Waals surface area contributed by atoms with Crippen molar-refractivity contribution in [3.63, 3.8) is 0 Å². The van der Waals surface area contributed by atoms with Crippen molar-refractivity contribution in [2.24, 2.45) is 5.92 Å². The molecule has 1 unspecified atom stereocenters. The Bertz CT molecular complexity index is 686. The predicted octanol–water partition coefficient (Wildman–Crippen LogP) is 3.00. The summed E-state index contributed by atoms with van der Waals surface area (Å²) < 4.78 is 2.15. The van der Waals surface area contributed by atoms with Crippen molar-refractivity contribution in [1.82, 2.24) is 4.98 Å². The van der Waals surface area contributed by atoms with Crippen LogP contribution in [0.1, 0.15) is 6.42 Å². The minimum absolute atomic E-state index is 0.0337. The van der Waals surface area contributed by atoms with Crippen LogP contribution in [0.4, 0.5) is 5.69 Å². The number of thioether (sulfide) groups is 1. The third kappa shape index (κ3) is 2.22. The van der Waals surface area contributed by atoms with Crippen molar-refractivity contribution in [3.8, 4) is 12.3 Å². The van der Waals surface area contributed by atoms with E-state index in [4.69, 9.17) is 6.42 Å². The van der Waals surface area contributed by atoms with Gasteiger partial charge in [-0.05, 0) is 24.5 Å². The molecule has 1 fully saturated rings.